The van der Waals surface area contributed by atoms with Crippen molar-refractivity contribution < 1.29 is 31.4 Å². The second-order valence-electron chi connectivity index (χ2n) is 7.01. The monoisotopic (exact) mass is 418 g/mol. The second-order valence-corrected chi connectivity index (χ2v) is 7.01. The van der Waals surface area contributed by atoms with Gasteiger partial charge < -0.3 is 15.0 Å². The van der Waals surface area contributed by atoms with Crippen molar-refractivity contribution in [2.45, 2.75) is 37.3 Å². The van der Waals surface area contributed by atoms with Crippen LogP contribution in [0.4, 0.5) is 26.3 Å². The van der Waals surface area contributed by atoms with Crippen LogP contribution in [0.3, 0.4) is 0 Å². The highest BCUT2D eigenvalue weighted by molar-refractivity contribution is 6.04. The van der Waals surface area contributed by atoms with Crippen LogP contribution in [0, 0.1) is 0 Å². The first kappa shape index (κ1) is 19.9. The number of nitrogens with one attached hydrogen (secondary N) is 1. The van der Waals surface area contributed by atoms with Crippen molar-refractivity contribution in [3.8, 4) is 0 Å². The molecule has 0 saturated carbocycles. The van der Waals surface area contributed by atoms with Gasteiger partial charge in [-0.1, -0.05) is 0 Å². The van der Waals surface area contributed by atoms with Crippen LogP contribution in [0.15, 0.2) is 24.4 Å². The Morgan fingerprint density at radius 1 is 1.10 bits per heavy atom. The number of aliphatic hydroxyl groups is 1. The van der Waals surface area contributed by atoms with Crippen molar-refractivity contribution in [3.63, 3.8) is 0 Å². The lowest BCUT2D eigenvalue weighted by molar-refractivity contribution is -0.141. The highest BCUT2D eigenvalue weighted by atomic mass is 19.4. The average Bonchev–Trinajstić information content (AvgIpc) is 2.80. The summed E-state index contributed by atoms with van der Waals surface area (Å²) in [5.74, 6) is 0. The number of rotatable bonds is 1. The van der Waals surface area contributed by atoms with Crippen molar-refractivity contribution in [1.82, 2.24) is 19.9 Å². The van der Waals surface area contributed by atoms with Crippen molar-refractivity contribution in [2.75, 3.05) is 13.1 Å². The molecule has 3 aromatic rings. The highest BCUT2D eigenvalue weighted by Crippen LogP contribution is 2.38. The summed E-state index contributed by atoms with van der Waals surface area (Å²) < 4.78 is 80.5. The quantitative estimate of drug-likeness (QED) is 0.589. The van der Waals surface area contributed by atoms with Crippen LogP contribution >= 0.6 is 0 Å². The number of alkyl halides is 6. The van der Waals surface area contributed by atoms with Crippen LogP contribution in [-0.2, 0) is 12.4 Å². The Bertz CT molecular complexity index is 987. The fourth-order valence-electron chi connectivity index (χ4n) is 3.75. The van der Waals surface area contributed by atoms with Gasteiger partial charge in [-0.05, 0) is 37.6 Å². The van der Waals surface area contributed by atoms with Crippen molar-refractivity contribution in [3.05, 3.63) is 35.7 Å². The number of hydrogen-bond acceptors (Lipinski definition) is 4. The summed E-state index contributed by atoms with van der Waals surface area (Å²) in [4.78, 5) is 7.52. The summed E-state index contributed by atoms with van der Waals surface area (Å²) in [5, 5.41) is 13.4. The zero-order chi connectivity index (χ0) is 21.0. The van der Waals surface area contributed by atoms with E-state index < -0.39 is 35.8 Å². The van der Waals surface area contributed by atoms with Gasteiger partial charge in [-0.2, -0.15) is 26.3 Å². The first-order chi connectivity index (χ1) is 13.6. The highest BCUT2D eigenvalue weighted by Gasteiger charge is 2.36. The second kappa shape index (κ2) is 6.84. The molecule has 0 amide bonds. The number of pyridine rings is 2. The van der Waals surface area contributed by atoms with Crippen LogP contribution in [0.2, 0.25) is 0 Å². The summed E-state index contributed by atoms with van der Waals surface area (Å²) in [7, 11) is 0. The Labute approximate surface area is 160 Å². The number of fused-ring (bicyclic) bond motifs is 3. The Morgan fingerprint density at radius 2 is 1.86 bits per heavy atom. The summed E-state index contributed by atoms with van der Waals surface area (Å²) in [6, 6.07) is 2.15. The lowest BCUT2D eigenvalue weighted by Crippen LogP contribution is -2.31. The minimum absolute atomic E-state index is 0.0609. The summed E-state index contributed by atoms with van der Waals surface area (Å²) in [6.45, 7) is 0.896. The Kier molecular flexibility index (Phi) is 4.69. The minimum Gasteiger partial charge on any atom is -0.390 e. The fourth-order valence-corrected chi connectivity index (χ4v) is 3.75. The molecule has 0 radical (unpaired) electrons. The molecular weight excluding hydrogens is 402 g/mol. The lowest BCUT2D eigenvalue weighted by atomic mass is 10.1. The molecule has 0 spiro atoms. The molecule has 0 aromatic carbocycles. The van der Waals surface area contributed by atoms with E-state index in [1.54, 1.807) is 0 Å². The third kappa shape index (κ3) is 3.52. The first-order valence-electron chi connectivity index (χ1n) is 8.91. The summed E-state index contributed by atoms with van der Waals surface area (Å²) >= 11 is 0. The lowest BCUT2D eigenvalue weighted by Gasteiger charge is -2.23. The molecule has 2 N–H and O–H groups in total. The van der Waals surface area contributed by atoms with Gasteiger partial charge in [-0.15, -0.1) is 0 Å². The molecule has 11 heteroatoms. The normalized spacial score (nSPS) is 21.6. The third-order valence-corrected chi connectivity index (χ3v) is 5.08. The molecular formula is C18H16F6N4O. The predicted octanol–water partition coefficient (Wildman–Crippen LogP) is 3.91. The third-order valence-electron chi connectivity index (χ3n) is 5.08. The molecule has 2 atom stereocenters. The molecule has 5 nitrogen and oxygen atoms in total. The maximum absolute atomic E-state index is 13.2. The minimum atomic E-state index is -4.75. The van der Waals surface area contributed by atoms with Crippen LogP contribution in [0.1, 0.15) is 30.1 Å². The Morgan fingerprint density at radius 3 is 2.55 bits per heavy atom. The maximum atomic E-state index is 13.2. The molecule has 29 heavy (non-hydrogen) atoms. The zero-order valence-electron chi connectivity index (χ0n) is 14.8. The number of halogens is 6. The number of aromatic nitrogens is 3. The van der Waals surface area contributed by atoms with Crippen molar-refractivity contribution in [1.29, 1.82) is 0 Å². The van der Waals surface area contributed by atoms with Crippen LogP contribution < -0.4 is 5.32 Å². The van der Waals surface area contributed by atoms with Crippen molar-refractivity contribution in [2.24, 2.45) is 0 Å². The molecule has 1 aliphatic heterocycles. The standard InChI is InChI=1S/C18H16F6N4O/c19-17(20,21)9-6-10-15-12(3-4-14(27-15)18(22,23)24)28(16(10)26-7-9)11-2-1-5-25-8-13(11)29/h3-4,6-7,11,13,25,29H,1-2,5,8H2/t11-,13-/m1/s1. The van der Waals surface area contributed by atoms with E-state index in [1.807, 2.05) is 0 Å². The first-order valence-corrected chi connectivity index (χ1v) is 8.91. The van der Waals surface area contributed by atoms with E-state index in [4.69, 9.17) is 0 Å². The Balaban J connectivity index is 2.03. The van der Waals surface area contributed by atoms with Gasteiger partial charge in [0, 0.05) is 18.1 Å². The molecule has 1 saturated heterocycles. The summed E-state index contributed by atoms with van der Waals surface area (Å²) in [6.07, 6.45) is -8.53. The molecule has 4 rings (SSSR count). The fraction of sp³-hybridized carbons (Fsp3) is 0.444. The van der Waals surface area contributed by atoms with Crippen LogP contribution in [-0.4, -0.2) is 38.8 Å². The molecule has 0 aliphatic carbocycles. The number of β-amino-alcohol motifs (C(OH)–C–C–N with tert-alkyl or cyclic N) is 1. The molecule has 1 aliphatic rings. The summed E-state index contributed by atoms with van der Waals surface area (Å²) in [5.41, 5.74) is -2.25. The van der Waals surface area contributed by atoms with E-state index in [0.29, 0.717) is 25.6 Å². The van der Waals surface area contributed by atoms with Crippen LogP contribution in [0.25, 0.3) is 22.1 Å². The van der Waals surface area contributed by atoms with E-state index in [0.717, 1.165) is 12.1 Å². The molecule has 156 valence electrons. The zero-order valence-corrected chi connectivity index (χ0v) is 14.8. The Hall–Kier alpha value is -2.40. The molecule has 0 bridgehead atoms. The number of aliphatic hydroxyl groups excluding tert-OH is 1. The number of hydrogen-bond donors (Lipinski definition) is 2. The van der Waals surface area contributed by atoms with Gasteiger partial charge >= 0.3 is 12.4 Å². The topological polar surface area (TPSA) is 63.0 Å². The van der Waals surface area contributed by atoms with E-state index in [2.05, 4.69) is 15.3 Å². The van der Waals surface area contributed by atoms with Gasteiger partial charge in [0.25, 0.3) is 0 Å². The van der Waals surface area contributed by atoms with E-state index in [-0.39, 0.29) is 28.6 Å². The van der Waals surface area contributed by atoms with E-state index in [9.17, 15) is 31.4 Å². The predicted molar refractivity (Wildman–Crippen MR) is 92.2 cm³/mol. The SMILES string of the molecule is O[C@@H]1CNCCC[C@H]1n1c2ccc(C(F)(F)F)nc2c2cc(C(F)(F)F)cnc21. The van der Waals surface area contributed by atoms with E-state index in [1.165, 1.54) is 10.6 Å². The molecule has 4 heterocycles. The largest absolute Gasteiger partial charge is 0.433 e. The van der Waals surface area contributed by atoms with Gasteiger partial charge in [0.15, 0.2) is 0 Å². The van der Waals surface area contributed by atoms with E-state index >= 15 is 0 Å². The average molecular weight is 418 g/mol. The number of nitrogens with zero attached hydrogens (tertiary/aromatic N) is 3. The van der Waals surface area contributed by atoms with Gasteiger partial charge in [-0.3, -0.25) is 0 Å². The smallest absolute Gasteiger partial charge is 0.390 e. The molecule has 3 aromatic heterocycles. The van der Waals surface area contributed by atoms with Gasteiger partial charge in [0.05, 0.1) is 28.7 Å². The van der Waals surface area contributed by atoms with Gasteiger partial charge in [0.2, 0.25) is 0 Å². The maximum Gasteiger partial charge on any atom is 0.433 e. The van der Waals surface area contributed by atoms with Gasteiger partial charge in [-0.25, -0.2) is 9.97 Å². The van der Waals surface area contributed by atoms with Crippen LogP contribution in [0.5, 0.6) is 0 Å². The molecule has 0 unspecified atom stereocenters. The molecule has 1 fully saturated rings. The van der Waals surface area contributed by atoms with Crippen molar-refractivity contribution >= 4 is 22.1 Å². The van der Waals surface area contributed by atoms with Gasteiger partial charge in [0.1, 0.15) is 11.3 Å².